The number of anilines is 1. The summed E-state index contributed by atoms with van der Waals surface area (Å²) in [6.07, 6.45) is 0. The van der Waals surface area contributed by atoms with Crippen LogP contribution in [0, 0.1) is 5.92 Å². The van der Waals surface area contributed by atoms with Gasteiger partial charge in [0.15, 0.2) is 12.4 Å². The second kappa shape index (κ2) is 10.4. The van der Waals surface area contributed by atoms with Gasteiger partial charge in [-0.25, -0.2) is 14.8 Å². The zero-order valence-electron chi connectivity index (χ0n) is 17.8. The predicted molar refractivity (Wildman–Crippen MR) is 118 cm³/mol. The molecule has 0 saturated heterocycles. The monoisotopic (exact) mass is 422 g/mol. The van der Waals surface area contributed by atoms with Gasteiger partial charge in [-0.2, -0.15) is 0 Å². The zero-order valence-corrected chi connectivity index (χ0v) is 17.8. The minimum atomic E-state index is -0.565. The molecule has 2 N–H and O–H groups in total. The average Bonchev–Trinajstić information content (AvgIpc) is 2.79. The largest absolute Gasteiger partial charge is 0.484 e. The molecule has 0 fully saturated rings. The number of benzene rings is 2. The average molecular weight is 422 g/mol. The van der Waals surface area contributed by atoms with Crippen LogP contribution < -0.4 is 15.4 Å². The van der Waals surface area contributed by atoms with Crippen LogP contribution in [0.1, 0.15) is 19.7 Å². The first kappa shape index (κ1) is 22.0. The number of fused-ring (bicyclic) bond motifs is 1. The molecule has 2 aromatic carbocycles. The van der Waals surface area contributed by atoms with Crippen molar-refractivity contribution in [3.8, 4) is 5.75 Å². The number of carbonyl (C=O) groups is 2. The number of amides is 1. The maximum absolute atomic E-state index is 12.2. The van der Waals surface area contributed by atoms with E-state index in [0.717, 1.165) is 5.39 Å². The van der Waals surface area contributed by atoms with Gasteiger partial charge in [-0.05, 0) is 30.2 Å². The quantitative estimate of drug-likeness (QED) is 0.511. The van der Waals surface area contributed by atoms with E-state index in [1.807, 2.05) is 56.3 Å². The van der Waals surface area contributed by atoms with Crippen LogP contribution in [0.4, 0.5) is 5.82 Å². The maximum Gasteiger partial charge on any atom is 0.328 e. The molecule has 3 rings (SSSR count). The van der Waals surface area contributed by atoms with Crippen LogP contribution in [0.3, 0.4) is 0 Å². The Morgan fingerprint density at radius 3 is 2.42 bits per heavy atom. The van der Waals surface area contributed by atoms with Crippen LogP contribution in [-0.4, -0.2) is 41.6 Å². The molecule has 3 aromatic rings. The van der Waals surface area contributed by atoms with E-state index < -0.39 is 6.04 Å². The first-order chi connectivity index (χ1) is 15.0. The highest BCUT2D eigenvalue weighted by Crippen LogP contribution is 2.22. The minimum absolute atomic E-state index is 0.0144. The molecule has 1 amide bonds. The molecule has 0 radical (unpaired) electrons. The summed E-state index contributed by atoms with van der Waals surface area (Å²) < 4.78 is 10.4. The van der Waals surface area contributed by atoms with E-state index in [4.69, 9.17) is 9.47 Å². The highest BCUT2D eigenvalue weighted by atomic mass is 16.5. The van der Waals surface area contributed by atoms with Gasteiger partial charge in [-0.15, -0.1) is 0 Å². The fourth-order valence-corrected chi connectivity index (χ4v) is 2.98. The van der Waals surface area contributed by atoms with Crippen molar-refractivity contribution in [1.82, 2.24) is 15.3 Å². The smallest absolute Gasteiger partial charge is 0.328 e. The van der Waals surface area contributed by atoms with E-state index in [2.05, 4.69) is 20.6 Å². The summed E-state index contributed by atoms with van der Waals surface area (Å²) in [6.45, 7) is 3.86. The molecular formula is C23H26N4O4. The highest BCUT2D eigenvalue weighted by Gasteiger charge is 2.24. The lowest BCUT2D eigenvalue weighted by atomic mass is 10.0. The van der Waals surface area contributed by atoms with Crippen LogP contribution in [0.25, 0.3) is 10.9 Å². The van der Waals surface area contributed by atoms with Crippen molar-refractivity contribution >= 4 is 28.6 Å². The second-order valence-corrected chi connectivity index (χ2v) is 7.27. The number of rotatable bonds is 9. The van der Waals surface area contributed by atoms with E-state index in [1.54, 1.807) is 12.1 Å². The van der Waals surface area contributed by atoms with Crippen molar-refractivity contribution in [2.75, 3.05) is 19.0 Å². The van der Waals surface area contributed by atoms with Crippen LogP contribution in [-0.2, 0) is 20.9 Å². The molecule has 0 saturated carbocycles. The van der Waals surface area contributed by atoms with Crippen molar-refractivity contribution in [2.45, 2.75) is 26.4 Å². The number of esters is 1. The van der Waals surface area contributed by atoms with Crippen molar-refractivity contribution in [3.63, 3.8) is 0 Å². The Kier molecular flexibility index (Phi) is 7.37. The van der Waals surface area contributed by atoms with Crippen molar-refractivity contribution in [2.24, 2.45) is 5.92 Å². The number of hydrogen-bond donors (Lipinski definition) is 2. The second-order valence-electron chi connectivity index (χ2n) is 7.27. The highest BCUT2D eigenvalue weighted by molar-refractivity contribution is 5.91. The van der Waals surface area contributed by atoms with Gasteiger partial charge >= 0.3 is 5.97 Å². The molecule has 1 aromatic heterocycles. The van der Waals surface area contributed by atoms with E-state index in [1.165, 1.54) is 7.11 Å². The first-order valence-corrected chi connectivity index (χ1v) is 10.0. The summed E-state index contributed by atoms with van der Waals surface area (Å²) in [4.78, 5) is 33.4. The van der Waals surface area contributed by atoms with Gasteiger partial charge < -0.3 is 20.1 Å². The van der Waals surface area contributed by atoms with Crippen LogP contribution in [0.2, 0.25) is 0 Å². The zero-order chi connectivity index (χ0) is 22.2. The van der Waals surface area contributed by atoms with Gasteiger partial charge in [0, 0.05) is 5.39 Å². The van der Waals surface area contributed by atoms with Gasteiger partial charge in [0.05, 0.1) is 19.2 Å². The molecule has 0 aliphatic rings. The van der Waals surface area contributed by atoms with Crippen LogP contribution >= 0.6 is 0 Å². The van der Waals surface area contributed by atoms with Gasteiger partial charge in [-0.1, -0.05) is 44.2 Å². The lowest BCUT2D eigenvalue weighted by molar-refractivity contribution is -0.142. The molecule has 1 atom stereocenters. The Bertz CT molecular complexity index is 1040. The maximum atomic E-state index is 12.2. The summed E-state index contributed by atoms with van der Waals surface area (Å²) in [5.41, 5.74) is 0.706. The SMILES string of the molecule is COC(=O)[C@@H](Nc1nc(CNC(=O)COc2ccccc2)nc2ccccc12)C(C)C. The number of nitrogens with zero attached hydrogens (tertiary/aromatic N) is 2. The predicted octanol–water partition coefficient (Wildman–Crippen LogP) is 2.93. The van der Waals surface area contributed by atoms with Gasteiger partial charge in [0.2, 0.25) is 0 Å². The Hall–Kier alpha value is -3.68. The van der Waals surface area contributed by atoms with Crippen molar-refractivity contribution < 1.29 is 19.1 Å². The number of nitrogens with one attached hydrogen (secondary N) is 2. The first-order valence-electron chi connectivity index (χ1n) is 10.0. The summed E-state index contributed by atoms with van der Waals surface area (Å²) in [5.74, 6) is 0.879. The van der Waals surface area contributed by atoms with E-state index in [0.29, 0.717) is 22.9 Å². The van der Waals surface area contributed by atoms with Crippen molar-refractivity contribution in [3.05, 3.63) is 60.4 Å². The molecule has 162 valence electrons. The molecule has 8 heteroatoms. The number of hydrogen-bond acceptors (Lipinski definition) is 7. The molecule has 0 bridgehead atoms. The molecule has 1 heterocycles. The third kappa shape index (κ3) is 5.91. The summed E-state index contributed by atoms with van der Waals surface area (Å²) in [6, 6.07) is 16.0. The van der Waals surface area contributed by atoms with Gasteiger partial charge in [0.1, 0.15) is 17.6 Å². The van der Waals surface area contributed by atoms with Crippen molar-refractivity contribution in [1.29, 1.82) is 0 Å². The fourth-order valence-electron chi connectivity index (χ4n) is 2.98. The summed E-state index contributed by atoms with van der Waals surface area (Å²) in [5, 5.41) is 6.72. The normalized spacial score (nSPS) is 11.7. The Balaban J connectivity index is 1.73. The lowest BCUT2D eigenvalue weighted by Gasteiger charge is -2.21. The number of ether oxygens (including phenoxy) is 2. The molecule has 0 spiro atoms. The standard InChI is InChI=1S/C23H26N4O4/c1-15(2)21(23(29)30-3)27-22-17-11-7-8-12-18(17)25-19(26-22)13-24-20(28)14-31-16-9-5-4-6-10-16/h4-12,15,21H,13-14H2,1-3H3,(H,24,28)(H,25,26,27)/t21-/m0/s1. The molecule has 8 nitrogen and oxygen atoms in total. The number of aromatic nitrogens is 2. The number of methoxy groups -OCH3 is 1. The Labute approximate surface area is 181 Å². The lowest BCUT2D eigenvalue weighted by Crippen LogP contribution is -2.36. The number of para-hydroxylation sites is 2. The molecule has 31 heavy (non-hydrogen) atoms. The summed E-state index contributed by atoms with van der Waals surface area (Å²) >= 11 is 0. The van der Waals surface area contributed by atoms with Crippen LogP contribution in [0.5, 0.6) is 5.75 Å². The van der Waals surface area contributed by atoms with E-state index >= 15 is 0 Å². The molecule has 0 aliphatic carbocycles. The topological polar surface area (TPSA) is 102 Å². The van der Waals surface area contributed by atoms with Gasteiger partial charge in [0.25, 0.3) is 5.91 Å². The minimum Gasteiger partial charge on any atom is -0.484 e. The Morgan fingerprint density at radius 1 is 1.00 bits per heavy atom. The Morgan fingerprint density at radius 2 is 1.71 bits per heavy atom. The van der Waals surface area contributed by atoms with Crippen LogP contribution in [0.15, 0.2) is 54.6 Å². The molecule has 0 aliphatic heterocycles. The van der Waals surface area contributed by atoms with E-state index in [9.17, 15) is 9.59 Å². The third-order valence-electron chi connectivity index (χ3n) is 4.62. The number of carbonyl (C=O) groups excluding carboxylic acids is 2. The van der Waals surface area contributed by atoms with Gasteiger partial charge in [-0.3, -0.25) is 4.79 Å². The molecule has 0 unspecified atom stereocenters. The fraction of sp³-hybridized carbons (Fsp3) is 0.304. The third-order valence-corrected chi connectivity index (χ3v) is 4.62. The van der Waals surface area contributed by atoms with E-state index in [-0.39, 0.29) is 30.9 Å². The molecular weight excluding hydrogens is 396 g/mol. The summed E-state index contributed by atoms with van der Waals surface area (Å²) in [7, 11) is 1.36.